The number of ether oxygens (including phenoxy) is 1. The fraction of sp³-hybridized carbons (Fsp3) is 0.519. The van der Waals surface area contributed by atoms with Gasteiger partial charge in [-0.1, -0.05) is 51.2 Å². The number of amides is 2. The molecule has 6 unspecified atom stereocenters. The first-order valence-electron chi connectivity index (χ1n) is 12.4. The second-order valence-electron chi connectivity index (χ2n) is 10.7. The van der Waals surface area contributed by atoms with Crippen LogP contribution in [0.15, 0.2) is 54.4 Å². The molecular formula is C27H33N5O2. The Balaban J connectivity index is 1.43. The molecular weight excluding hydrogens is 426 g/mol. The van der Waals surface area contributed by atoms with Crippen molar-refractivity contribution in [3.8, 4) is 0 Å². The summed E-state index contributed by atoms with van der Waals surface area (Å²) in [4.78, 5) is 28.0. The van der Waals surface area contributed by atoms with Crippen molar-refractivity contribution in [1.82, 2.24) is 25.2 Å². The number of allylic oxidation sites excluding steroid dienone is 5. The summed E-state index contributed by atoms with van der Waals surface area (Å²) < 4.78 is 5.46. The van der Waals surface area contributed by atoms with E-state index in [-0.39, 0.29) is 28.8 Å². The highest BCUT2D eigenvalue weighted by Crippen LogP contribution is 2.69. The largest absolute Gasteiger partial charge is 0.378 e. The lowest BCUT2D eigenvalue weighted by atomic mass is 9.53. The van der Waals surface area contributed by atoms with Crippen LogP contribution in [0.5, 0.6) is 0 Å². The zero-order valence-electron chi connectivity index (χ0n) is 20.1. The number of aromatic amines is 1. The first-order chi connectivity index (χ1) is 16.4. The molecule has 1 saturated carbocycles. The van der Waals surface area contributed by atoms with Crippen LogP contribution in [0.4, 0.5) is 4.79 Å². The Labute approximate surface area is 200 Å². The van der Waals surface area contributed by atoms with Crippen LogP contribution in [-0.4, -0.2) is 58.2 Å². The quantitative estimate of drug-likeness (QED) is 0.660. The Bertz CT molecular complexity index is 1180. The lowest BCUT2D eigenvalue weighted by Gasteiger charge is -2.49. The number of carbonyl (C=O) groups excluding carboxylic acids is 1. The third kappa shape index (κ3) is 2.95. The van der Waals surface area contributed by atoms with E-state index < -0.39 is 0 Å². The number of carbonyl (C=O) groups is 1. The van der Waals surface area contributed by atoms with E-state index in [2.05, 4.69) is 66.4 Å². The molecule has 2 aromatic heterocycles. The summed E-state index contributed by atoms with van der Waals surface area (Å²) in [5, 5.41) is 3.48. The van der Waals surface area contributed by atoms with Crippen molar-refractivity contribution in [2.24, 2.45) is 22.7 Å². The lowest BCUT2D eigenvalue weighted by molar-refractivity contribution is 0.0501. The fourth-order valence-electron chi connectivity index (χ4n) is 7.20. The highest BCUT2D eigenvalue weighted by atomic mass is 16.5. The Morgan fingerprint density at radius 2 is 2.12 bits per heavy atom. The first-order valence-corrected chi connectivity index (χ1v) is 12.4. The molecule has 0 bridgehead atoms. The number of nitrogens with one attached hydrogen (secondary N) is 2. The molecule has 6 rings (SSSR count). The van der Waals surface area contributed by atoms with Crippen LogP contribution >= 0.6 is 0 Å². The predicted octanol–water partition coefficient (Wildman–Crippen LogP) is 4.19. The standard InChI is InChI=1S/C27H33N5O2/c1-17-6-5-10-26(2)22(17)23(31-25(33)32-12-14-34-15-13-32)18-7-4-8-19(27(18,26)3)24-29-20-9-11-28-16-21(20)30-24/h4-5,7-11,16-17,19,22-23H,6,12-15H2,1-3H3,(H,29,30)(H,31,33). The van der Waals surface area contributed by atoms with Crippen LogP contribution < -0.4 is 5.32 Å². The Kier molecular flexibility index (Phi) is 4.96. The van der Waals surface area contributed by atoms with Gasteiger partial charge in [0.1, 0.15) is 5.82 Å². The Morgan fingerprint density at radius 3 is 2.91 bits per heavy atom. The number of nitrogens with zero attached hydrogens (tertiary/aromatic N) is 3. The molecule has 1 saturated heterocycles. The Morgan fingerprint density at radius 1 is 1.29 bits per heavy atom. The summed E-state index contributed by atoms with van der Waals surface area (Å²) in [6, 6.07) is 1.95. The number of imidazole rings is 1. The number of hydrogen-bond acceptors (Lipinski definition) is 4. The number of H-pyrrole nitrogens is 1. The SMILES string of the molecule is CC1CC=CC2(C)C1C(NC(=O)N1CCOCC1)C1=CC=CC(c3nc4ccncc4[nH]3)C12C. The van der Waals surface area contributed by atoms with Crippen LogP contribution in [0.1, 0.15) is 38.9 Å². The van der Waals surface area contributed by atoms with Gasteiger partial charge in [-0.05, 0) is 29.9 Å². The van der Waals surface area contributed by atoms with Gasteiger partial charge in [-0.2, -0.15) is 0 Å². The molecule has 2 fully saturated rings. The van der Waals surface area contributed by atoms with Crippen molar-refractivity contribution in [2.45, 2.75) is 39.2 Å². The van der Waals surface area contributed by atoms with Gasteiger partial charge in [0, 0.05) is 36.0 Å². The second-order valence-corrected chi connectivity index (χ2v) is 10.7. The van der Waals surface area contributed by atoms with Crippen LogP contribution in [0, 0.1) is 22.7 Å². The van der Waals surface area contributed by atoms with Gasteiger partial charge in [-0.15, -0.1) is 0 Å². The smallest absolute Gasteiger partial charge is 0.318 e. The molecule has 1 aliphatic heterocycles. The molecule has 2 N–H and O–H groups in total. The first kappa shape index (κ1) is 21.6. The molecule has 3 aliphatic carbocycles. The van der Waals surface area contributed by atoms with E-state index in [4.69, 9.17) is 9.72 Å². The van der Waals surface area contributed by atoms with E-state index in [1.54, 1.807) is 6.20 Å². The van der Waals surface area contributed by atoms with Gasteiger partial charge in [-0.25, -0.2) is 9.78 Å². The third-order valence-corrected chi connectivity index (χ3v) is 9.07. The molecule has 0 radical (unpaired) electrons. The molecule has 34 heavy (non-hydrogen) atoms. The molecule has 4 aliphatic rings. The molecule has 6 atom stereocenters. The van der Waals surface area contributed by atoms with E-state index >= 15 is 0 Å². The van der Waals surface area contributed by atoms with Crippen molar-refractivity contribution >= 4 is 17.1 Å². The van der Waals surface area contributed by atoms with Crippen molar-refractivity contribution in [2.75, 3.05) is 26.3 Å². The van der Waals surface area contributed by atoms with Crippen molar-refractivity contribution in [3.05, 3.63) is 60.2 Å². The minimum absolute atomic E-state index is 0.0171. The number of rotatable bonds is 2. The summed E-state index contributed by atoms with van der Waals surface area (Å²) in [5.41, 5.74) is 2.82. The fourth-order valence-corrected chi connectivity index (χ4v) is 7.20. The number of fused-ring (bicyclic) bond motifs is 4. The van der Waals surface area contributed by atoms with Gasteiger partial charge in [0.25, 0.3) is 0 Å². The molecule has 2 aromatic rings. The number of morpholine rings is 1. The van der Waals surface area contributed by atoms with Crippen LogP contribution in [-0.2, 0) is 4.74 Å². The van der Waals surface area contributed by atoms with E-state index in [1.165, 1.54) is 5.57 Å². The van der Waals surface area contributed by atoms with E-state index in [0.717, 1.165) is 23.3 Å². The molecule has 178 valence electrons. The molecule has 3 heterocycles. The molecule has 7 nitrogen and oxygen atoms in total. The maximum atomic E-state index is 13.4. The lowest BCUT2D eigenvalue weighted by Crippen LogP contribution is -2.52. The van der Waals surface area contributed by atoms with Gasteiger partial charge in [-0.3, -0.25) is 4.98 Å². The van der Waals surface area contributed by atoms with Gasteiger partial charge in [0.05, 0.1) is 36.5 Å². The summed E-state index contributed by atoms with van der Waals surface area (Å²) in [6.45, 7) is 9.57. The van der Waals surface area contributed by atoms with Crippen LogP contribution in [0.2, 0.25) is 0 Å². The van der Waals surface area contributed by atoms with E-state index in [0.29, 0.717) is 38.1 Å². The highest BCUT2D eigenvalue weighted by molar-refractivity contribution is 5.76. The Hall–Kier alpha value is -2.93. The van der Waals surface area contributed by atoms with Gasteiger partial charge >= 0.3 is 6.03 Å². The van der Waals surface area contributed by atoms with Crippen LogP contribution in [0.3, 0.4) is 0 Å². The summed E-state index contributed by atoms with van der Waals surface area (Å²) in [5.74, 6) is 1.77. The predicted molar refractivity (Wildman–Crippen MR) is 131 cm³/mol. The third-order valence-electron chi connectivity index (χ3n) is 9.07. The number of aromatic nitrogens is 3. The monoisotopic (exact) mass is 459 g/mol. The molecule has 7 heteroatoms. The van der Waals surface area contributed by atoms with E-state index in [9.17, 15) is 4.79 Å². The maximum Gasteiger partial charge on any atom is 0.318 e. The zero-order valence-corrected chi connectivity index (χ0v) is 20.1. The maximum absolute atomic E-state index is 13.4. The second kappa shape index (κ2) is 7.80. The normalized spacial score (nSPS) is 36.8. The summed E-state index contributed by atoms with van der Waals surface area (Å²) in [7, 11) is 0. The summed E-state index contributed by atoms with van der Waals surface area (Å²) >= 11 is 0. The topological polar surface area (TPSA) is 83.1 Å². The van der Waals surface area contributed by atoms with Crippen molar-refractivity contribution in [3.63, 3.8) is 0 Å². The number of hydrogen-bond donors (Lipinski definition) is 2. The van der Waals surface area contributed by atoms with Gasteiger partial charge in [0.2, 0.25) is 0 Å². The molecule has 2 amide bonds. The molecule has 0 spiro atoms. The van der Waals surface area contributed by atoms with Crippen LogP contribution in [0.25, 0.3) is 11.0 Å². The number of pyridine rings is 1. The van der Waals surface area contributed by atoms with Gasteiger partial charge in [0.15, 0.2) is 0 Å². The molecule has 0 aromatic carbocycles. The van der Waals surface area contributed by atoms with Crippen molar-refractivity contribution in [1.29, 1.82) is 0 Å². The summed E-state index contributed by atoms with van der Waals surface area (Å²) in [6.07, 6.45) is 16.1. The highest BCUT2D eigenvalue weighted by Gasteiger charge is 2.66. The number of urea groups is 1. The van der Waals surface area contributed by atoms with Gasteiger partial charge < -0.3 is 19.9 Å². The average molecular weight is 460 g/mol. The average Bonchev–Trinajstić information content (AvgIpc) is 3.35. The zero-order chi connectivity index (χ0) is 23.5. The van der Waals surface area contributed by atoms with E-state index in [1.807, 2.05) is 17.2 Å². The minimum Gasteiger partial charge on any atom is -0.378 e. The minimum atomic E-state index is -0.234. The van der Waals surface area contributed by atoms with Crippen molar-refractivity contribution < 1.29 is 9.53 Å².